The molecule has 0 aliphatic rings. The molecule has 0 unspecified atom stereocenters. The first kappa shape index (κ1) is 17.4. The van der Waals surface area contributed by atoms with Gasteiger partial charge in [-0.3, -0.25) is 4.79 Å². The average Bonchev–Trinajstić information content (AvgIpc) is 2.51. The number of hydrogen-bond donors (Lipinski definition) is 2. The lowest BCUT2D eigenvalue weighted by Gasteiger charge is -2.06. The largest absolute Gasteiger partial charge is 0.360 e. The fourth-order valence-electron chi connectivity index (χ4n) is 1.65. The molecule has 0 saturated heterocycles. The van der Waals surface area contributed by atoms with E-state index in [0.717, 1.165) is 10.2 Å². The number of nitrogens with one attached hydrogen (secondary N) is 2. The Kier molecular flexibility index (Phi) is 6.05. The summed E-state index contributed by atoms with van der Waals surface area (Å²) in [5, 5.41) is 15.3. The zero-order chi connectivity index (χ0) is 16.8. The molecule has 0 aliphatic carbocycles. The summed E-state index contributed by atoms with van der Waals surface area (Å²) in [6.45, 7) is 0. The van der Waals surface area contributed by atoms with Gasteiger partial charge in [0.1, 0.15) is 11.6 Å². The second kappa shape index (κ2) is 8.02. The van der Waals surface area contributed by atoms with Gasteiger partial charge in [-0.1, -0.05) is 45.2 Å². The van der Waals surface area contributed by atoms with Crippen molar-refractivity contribution in [2.45, 2.75) is 0 Å². The van der Waals surface area contributed by atoms with Crippen LogP contribution in [0.2, 0.25) is 10.0 Å². The molecule has 116 valence electrons. The van der Waals surface area contributed by atoms with Crippen molar-refractivity contribution in [1.82, 2.24) is 0 Å². The van der Waals surface area contributed by atoms with Gasteiger partial charge in [0.05, 0.1) is 10.0 Å². The number of benzene rings is 2. The summed E-state index contributed by atoms with van der Waals surface area (Å²) >= 11 is 15.0. The summed E-state index contributed by atoms with van der Waals surface area (Å²) in [4.78, 5) is 12.1. The van der Waals surface area contributed by atoms with Crippen LogP contribution in [0, 0.1) is 11.3 Å². The van der Waals surface area contributed by atoms with Crippen molar-refractivity contribution < 1.29 is 4.79 Å². The van der Waals surface area contributed by atoms with Gasteiger partial charge >= 0.3 is 0 Å². The van der Waals surface area contributed by atoms with Crippen LogP contribution in [0.25, 0.3) is 0 Å². The highest BCUT2D eigenvalue weighted by atomic mass is 79.9. The molecule has 23 heavy (non-hydrogen) atoms. The number of halogens is 3. The standard InChI is InChI=1S/C16H10BrCl2N3O/c17-11-2-1-3-12(6-11)21-9-10(8-20)16(23)22-13-4-5-14(18)15(19)7-13/h1-7,9,21H,(H,22,23)/b10-9-. The Morgan fingerprint density at radius 1 is 1.13 bits per heavy atom. The van der Waals surface area contributed by atoms with Crippen molar-refractivity contribution in [3.05, 3.63) is 68.8 Å². The van der Waals surface area contributed by atoms with Crippen LogP contribution < -0.4 is 10.6 Å². The lowest BCUT2D eigenvalue weighted by atomic mass is 10.2. The Hall–Kier alpha value is -2.00. The first-order valence-corrected chi connectivity index (χ1v) is 7.93. The first-order valence-electron chi connectivity index (χ1n) is 6.38. The molecule has 7 heteroatoms. The number of amides is 1. The smallest absolute Gasteiger partial charge is 0.267 e. The third-order valence-corrected chi connectivity index (χ3v) is 3.98. The van der Waals surface area contributed by atoms with Gasteiger partial charge in [0.25, 0.3) is 5.91 Å². The molecule has 0 bridgehead atoms. The first-order chi connectivity index (χ1) is 11.0. The molecule has 4 nitrogen and oxygen atoms in total. The zero-order valence-electron chi connectivity index (χ0n) is 11.6. The molecule has 0 aromatic heterocycles. The number of carbonyl (C=O) groups is 1. The van der Waals surface area contributed by atoms with Gasteiger partial charge in [-0.05, 0) is 36.4 Å². The van der Waals surface area contributed by atoms with Crippen molar-refractivity contribution in [1.29, 1.82) is 5.26 Å². The molecule has 1 amide bonds. The van der Waals surface area contributed by atoms with Crippen LogP contribution >= 0.6 is 39.1 Å². The Bertz CT molecular complexity index is 815. The van der Waals surface area contributed by atoms with Gasteiger partial charge in [-0.2, -0.15) is 5.26 Å². The van der Waals surface area contributed by atoms with E-state index < -0.39 is 5.91 Å². The van der Waals surface area contributed by atoms with Gasteiger partial charge in [0.15, 0.2) is 0 Å². The van der Waals surface area contributed by atoms with E-state index in [1.807, 2.05) is 30.3 Å². The van der Waals surface area contributed by atoms with E-state index in [1.54, 1.807) is 12.1 Å². The number of nitriles is 1. The van der Waals surface area contributed by atoms with Crippen molar-refractivity contribution >= 4 is 56.4 Å². The minimum Gasteiger partial charge on any atom is -0.360 e. The van der Waals surface area contributed by atoms with Gasteiger partial charge in [-0.15, -0.1) is 0 Å². The second-order valence-electron chi connectivity index (χ2n) is 4.41. The van der Waals surface area contributed by atoms with E-state index >= 15 is 0 Å². The Morgan fingerprint density at radius 2 is 1.91 bits per heavy atom. The SMILES string of the molecule is N#C/C(=C/Nc1cccc(Br)c1)C(=O)Nc1ccc(Cl)c(Cl)c1. The molecule has 0 heterocycles. The number of anilines is 2. The van der Waals surface area contributed by atoms with Crippen LogP contribution in [0.5, 0.6) is 0 Å². The minimum absolute atomic E-state index is 0.0731. The predicted molar refractivity (Wildman–Crippen MR) is 96.6 cm³/mol. The molecule has 0 saturated carbocycles. The van der Waals surface area contributed by atoms with Gasteiger partial charge in [-0.25, -0.2) is 0 Å². The molecule has 2 aromatic carbocycles. The Morgan fingerprint density at radius 3 is 2.57 bits per heavy atom. The monoisotopic (exact) mass is 409 g/mol. The molecule has 0 spiro atoms. The van der Waals surface area contributed by atoms with E-state index in [1.165, 1.54) is 12.3 Å². The topological polar surface area (TPSA) is 64.9 Å². The van der Waals surface area contributed by atoms with Crippen LogP contribution in [-0.4, -0.2) is 5.91 Å². The summed E-state index contributed by atoms with van der Waals surface area (Å²) in [6.07, 6.45) is 1.34. The van der Waals surface area contributed by atoms with Crippen molar-refractivity contribution in [3.8, 4) is 6.07 Å². The molecule has 2 aromatic rings. The van der Waals surface area contributed by atoms with Gasteiger partial charge in [0.2, 0.25) is 0 Å². The highest BCUT2D eigenvalue weighted by molar-refractivity contribution is 9.10. The molecule has 0 radical (unpaired) electrons. The maximum atomic E-state index is 12.1. The van der Waals surface area contributed by atoms with Crippen LogP contribution in [0.15, 0.2) is 58.7 Å². The average molecular weight is 411 g/mol. The maximum absolute atomic E-state index is 12.1. The molecule has 0 aliphatic heterocycles. The quantitative estimate of drug-likeness (QED) is 0.536. The summed E-state index contributed by atoms with van der Waals surface area (Å²) in [6, 6.07) is 13.9. The molecular formula is C16H10BrCl2N3O. The number of nitrogens with zero attached hydrogens (tertiary/aromatic N) is 1. The highest BCUT2D eigenvalue weighted by Crippen LogP contribution is 2.25. The van der Waals surface area contributed by atoms with Crippen LogP contribution in [0.3, 0.4) is 0 Å². The number of hydrogen-bond acceptors (Lipinski definition) is 3. The molecule has 0 fully saturated rings. The fourth-order valence-corrected chi connectivity index (χ4v) is 2.35. The van der Waals surface area contributed by atoms with E-state index in [-0.39, 0.29) is 5.57 Å². The summed E-state index contributed by atoms with van der Waals surface area (Å²) < 4.78 is 0.884. The summed E-state index contributed by atoms with van der Waals surface area (Å²) in [5.74, 6) is -0.548. The normalized spacial score (nSPS) is 10.8. The van der Waals surface area contributed by atoms with E-state index in [9.17, 15) is 4.79 Å². The predicted octanol–water partition coefficient (Wildman–Crippen LogP) is 5.21. The molecule has 0 atom stereocenters. The summed E-state index contributed by atoms with van der Waals surface area (Å²) in [7, 11) is 0. The minimum atomic E-state index is -0.548. The lowest BCUT2D eigenvalue weighted by molar-refractivity contribution is -0.112. The van der Waals surface area contributed by atoms with Crippen molar-refractivity contribution in [2.24, 2.45) is 0 Å². The van der Waals surface area contributed by atoms with Crippen LogP contribution in [-0.2, 0) is 4.79 Å². The second-order valence-corrected chi connectivity index (χ2v) is 6.14. The number of rotatable bonds is 4. The summed E-state index contributed by atoms with van der Waals surface area (Å²) in [5.41, 5.74) is 1.12. The van der Waals surface area contributed by atoms with E-state index in [0.29, 0.717) is 15.7 Å². The highest BCUT2D eigenvalue weighted by Gasteiger charge is 2.10. The number of carbonyl (C=O) groups excluding carboxylic acids is 1. The maximum Gasteiger partial charge on any atom is 0.267 e. The lowest BCUT2D eigenvalue weighted by Crippen LogP contribution is -2.14. The third-order valence-electron chi connectivity index (χ3n) is 2.75. The van der Waals surface area contributed by atoms with Crippen LogP contribution in [0.4, 0.5) is 11.4 Å². The zero-order valence-corrected chi connectivity index (χ0v) is 14.7. The Labute approximate surface area is 151 Å². The Balaban J connectivity index is 2.10. The molecular weight excluding hydrogens is 401 g/mol. The van der Waals surface area contributed by atoms with Crippen molar-refractivity contribution in [3.63, 3.8) is 0 Å². The fraction of sp³-hybridized carbons (Fsp3) is 0. The van der Waals surface area contributed by atoms with Crippen LogP contribution in [0.1, 0.15) is 0 Å². The molecule has 2 N–H and O–H groups in total. The van der Waals surface area contributed by atoms with E-state index in [2.05, 4.69) is 26.6 Å². The van der Waals surface area contributed by atoms with E-state index in [4.69, 9.17) is 28.5 Å². The third kappa shape index (κ3) is 5.00. The van der Waals surface area contributed by atoms with Gasteiger partial charge in [0, 0.05) is 22.0 Å². The van der Waals surface area contributed by atoms with Crippen molar-refractivity contribution in [2.75, 3.05) is 10.6 Å². The van der Waals surface area contributed by atoms with Gasteiger partial charge < -0.3 is 10.6 Å². The molecule has 2 rings (SSSR count).